The molecule has 1 aliphatic heterocycles. The summed E-state index contributed by atoms with van der Waals surface area (Å²) >= 11 is 0. The van der Waals surface area contributed by atoms with Gasteiger partial charge in [0.2, 0.25) is 18.1 Å². The molecule has 218 valence electrons. The summed E-state index contributed by atoms with van der Waals surface area (Å²) in [5.41, 5.74) is -0.995. The number of hydrogen-bond acceptors (Lipinski definition) is 14. The van der Waals surface area contributed by atoms with Crippen LogP contribution in [0.15, 0.2) is 27.4 Å². The van der Waals surface area contributed by atoms with Gasteiger partial charge in [0, 0.05) is 33.8 Å². The molecule has 5 atom stereocenters. The van der Waals surface area contributed by atoms with E-state index in [4.69, 9.17) is 37.6 Å². The standard InChI is InChI=1S/C26H30O14/c1-11(2)34-22-20(31)17-8-7-16(9-18(17)39-25(22)32)38-26-24(37-15(6)30)23(36-14(5)29)21(35-13(4)28)19(40-26)10-33-12(3)27/h7-9,11,19,21,23-24,26,31H,10H2,1-6H3/t19-,21-,23+,24+,26+/m1/s1. The van der Waals surface area contributed by atoms with E-state index < -0.39 is 78.7 Å². The summed E-state index contributed by atoms with van der Waals surface area (Å²) in [4.78, 5) is 59.7. The minimum absolute atomic E-state index is 0.0217. The molecule has 1 aromatic heterocycles. The highest BCUT2D eigenvalue weighted by Gasteiger charge is 2.53. The summed E-state index contributed by atoms with van der Waals surface area (Å²) in [6.45, 7) is 7.36. The molecule has 2 heterocycles. The van der Waals surface area contributed by atoms with Crippen LogP contribution < -0.4 is 15.1 Å². The van der Waals surface area contributed by atoms with Crippen molar-refractivity contribution in [3.63, 3.8) is 0 Å². The number of benzene rings is 1. The van der Waals surface area contributed by atoms with Crippen molar-refractivity contribution in [2.75, 3.05) is 6.61 Å². The first kappa shape index (κ1) is 30.2. The van der Waals surface area contributed by atoms with Gasteiger partial charge in [0.1, 0.15) is 24.0 Å². The van der Waals surface area contributed by atoms with Gasteiger partial charge >= 0.3 is 29.5 Å². The molecule has 1 N–H and O–H groups in total. The Kier molecular flexibility index (Phi) is 9.58. The average molecular weight is 567 g/mol. The lowest BCUT2D eigenvalue weighted by atomic mass is 9.98. The van der Waals surface area contributed by atoms with Crippen molar-refractivity contribution in [3.05, 3.63) is 28.6 Å². The molecule has 0 aliphatic carbocycles. The molecular formula is C26H30O14. The number of esters is 4. The summed E-state index contributed by atoms with van der Waals surface area (Å²) in [7, 11) is 0. The van der Waals surface area contributed by atoms with Crippen molar-refractivity contribution in [2.45, 2.75) is 78.4 Å². The molecule has 1 aliphatic rings. The maximum absolute atomic E-state index is 12.4. The van der Waals surface area contributed by atoms with E-state index in [0.29, 0.717) is 0 Å². The molecule has 2 aromatic rings. The first-order valence-electron chi connectivity index (χ1n) is 12.2. The van der Waals surface area contributed by atoms with Gasteiger partial charge in [-0.05, 0) is 26.0 Å². The van der Waals surface area contributed by atoms with Crippen LogP contribution >= 0.6 is 0 Å². The highest BCUT2D eigenvalue weighted by Crippen LogP contribution is 2.35. The third-order valence-corrected chi connectivity index (χ3v) is 5.37. The van der Waals surface area contributed by atoms with E-state index in [0.717, 1.165) is 27.7 Å². The lowest BCUT2D eigenvalue weighted by molar-refractivity contribution is -0.288. The molecule has 1 saturated heterocycles. The Morgan fingerprint density at radius 1 is 0.900 bits per heavy atom. The van der Waals surface area contributed by atoms with E-state index >= 15 is 0 Å². The molecular weight excluding hydrogens is 536 g/mol. The summed E-state index contributed by atoms with van der Waals surface area (Å²) < 4.78 is 43.5. The zero-order chi connectivity index (χ0) is 29.7. The Labute approximate surface area is 228 Å². The largest absolute Gasteiger partial charge is 0.504 e. The molecule has 0 spiro atoms. The summed E-state index contributed by atoms with van der Waals surface area (Å²) in [5.74, 6) is -3.80. The number of aromatic hydroxyl groups is 1. The second-order valence-electron chi connectivity index (χ2n) is 9.08. The lowest BCUT2D eigenvalue weighted by Crippen LogP contribution is -2.63. The van der Waals surface area contributed by atoms with Gasteiger partial charge in [-0.2, -0.15) is 0 Å². The Hall–Kier alpha value is -4.33. The quantitative estimate of drug-likeness (QED) is 0.263. The molecule has 0 unspecified atom stereocenters. The van der Waals surface area contributed by atoms with Gasteiger partial charge in [-0.1, -0.05) is 0 Å². The van der Waals surface area contributed by atoms with Crippen molar-refractivity contribution in [1.29, 1.82) is 0 Å². The number of carbonyl (C=O) groups excluding carboxylic acids is 4. The van der Waals surface area contributed by atoms with Crippen molar-refractivity contribution in [1.82, 2.24) is 0 Å². The number of hydrogen-bond donors (Lipinski definition) is 1. The van der Waals surface area contributed by atoms with Gasteiger partial charge < -0.3 is 42.7 Å². The fourth-order valence-corrected chi connectivity index (χ4v) is 3.98. The van der Waals surface area contributed by atoms with E-state index in [9.17, 15) is 29.1 Å². The van der Waals surface area contributed by atoms with Crippen molar-refractivity contribution in [2.24, 2.45) is 0 Å². The zero-order valence-corrected chi connectivity index (χ0v) is 22.7. The average Bonchev–Trinajstić information content (AvgIpc) is 2.83. The Morgan fingerprint density at radius 3 is 2.08 bits per heavy atom. The van der Waals surface area contributed by atoms with Crippen LogP contribution in [0.5, 0.6) is 17.2 Å². The molecule has 3 rings (SSSR count). The minimum atomic E-state index is -1.50. The Bertz CT molecular complexity index is 1330. The molecule has 0 saturated carbocycles. The summed E-state index contributed by atoms with van der Waals surface area (Å²) in [5, 5.41) is 10.7. The molecule has 14 nitrogen and oxygen atoms in total. The normalized spacial score (nSPS) is 22.3. The maximum Gasteiger partial charge on any atom is 0.383 e. The molecule has 1 aromatic carbocycles. The number of rotatable bonds is 9. The third-order valence-electron chi connectivity index (χ3n) is 5.37. The second kappa shape index (κ2) is 12.7. The fraction of sp³-hybridized carbons (Fsp3) is 0.500. The van der Waals surface area contributed by atoms with Crippen LogP contribution in [0.4, 0.5) is 0 Å². The van der Waals surface area contributed by atoms with Crippen LogP contribution in [0, 0.1) is 0 Å². The number of fused-ring (bicyclic) bond motifs is 1. The van der Waals surface area contributed by atoms with E-state index in [2.05, 4.69) is 0 Å². The molecule has 0 amide bonds. The predicted molar refractivity (Wildman–Crippen MR) is 132 cm³/mol. The van der Waals surface area contributed by atoms with Crippen molar-refractivity contribution < 1.29 is 61.9 Å². The van der Waals surface area contributed by atoms with Crippen LogP contribution in [-0.2, 0) is 42.9 Å². The predicted octanol–water partition coefficient (Wildman–Crippen LogP) is 1.75. The molecule has 14 heteroatoms. The molecule has 40 heavy (non-hydrogen) atoms. The van der Waals surface area contributed by atoms with E-state index in [-0.39, 0.29) is 22.5 Å². The third kappa shape index (κ3) is 7.40. The van der Waals surface area contributed by atoms with Crippen molar-refractivity contribution >= 4 is 34.8 Å². The van der Waals surface area contributed by atoms with E-state index in [1.54, 1.807) is 13.8 Å². The van der Waals surface area contributed by atoms with Crippen LogP contribution in [0.2, 0.25) is 0 Å². The van der Waals surface area contributed by atoms with Gasteiger partial charge in [-0.25, -0.2) is 4.79 Å². The van der Waals surface area contributed by atoms with Gasteiger partial charge in [0.05, 0.1) is 11.5 Å². The van der Waals surface area contributed by atoms with E-state index in [1.807, 2.05) is 0 Å². The highest BCUT2D eigenvalue weighted by atomic mass is 16.7. The first-order valence-corrected chi connectivity index (χ1v) is 12.2. The van der Waals surface area contributed by atoms with E-state index in [1.165, 1.54) is 18.2 Å². The van der Waals surface area contributed by atoms with Gasteiger partial charge in [0.25, 0.3) is 0 Å². The van der Waals surface area contributed by atoms with Crippen LogP contribution in [-0.4, -0.2) is 72.4 Å². The minimum Gasteiger partial charge on any atom is -0.504 e. The highest BCUT2D eigenvalue weighted by molar-refractivity contribution is 5.86. The Morgan fingerprint density at radius 2 is 1.50 bits per heavy atom. The summed E-state index contributed by atoms with van der Waals surface area (Å²) in [6.07, 6.45) is -7.36. The smallest absolute Gasteiger partial charge is 0.383 e. The van der Waals surface area contributed by atoms with Gasteiger partial charge in [-0.3, -0.25) is 19.2 Å². The van der Waals surface area contributed by atoms with Crippen LogP contribution in [0.25, 0.3) is 11.0 Å². The van der Waals surface area contributed by atoms with Gasteiger partial charge in [-0.15, -0.1) is 0 Å². The van der Waals surface area contributed by atoms with Crippen molar-refractivity contribution in [3.8, 4) is 17.2 Å². The molecule has 1 fully saturated rings. The fourth-order valence-electron chi connectivity index (χ4n) is 3.98. The Balaban J connectivity index is 2.03. The topological polar surface area (TPSA) is 183 Å². The molecule has 0 bridgehead atoms. The van der Waals surface area contributed by atoms with Crippen LogP contribution in [0.3, 0.4) is 0 Å². The SMILES string of the molecule is CC(=O)OC[C@H]1O[C@H](Oc2ccc3c(O)c(OC(C)C)c(=O)oc3c2)[C@@H](OC(C)=O)[C@@H](OC(C)=O)[C@@H]1OC(C)=O. The number of carbonyl (C=O) groups is 4. The lowest BCUT2D eigenvalue weighted by Gasteiger charge is -2.43. The monoisotopic (exact) mass is 566 g/mol. The first-order chi connectivity index (χ1) is 18.8. The van der Waals surface area contributed by atoms with Gasteiger partial charge in [0.15, 0.2) is 18.0 Å². The van der Waals surface area contributed by atoms with Crippen LogP contribution in [0.1, 0.15) is 41.5 Å². The second-order valence-corrected chi connectivity index (χ2v) is 9.08. The molecule has 0 radical (unpaired) electrons. The summed E-state index contributed by atoms with van der Waals surface area (Å²) in [6, 6.07) is 4.06. The zero-order valence-electron chi connectivity index (χ0n) is 22.7. The maximum atomic E-state index is 12.4. The number of ether oxygens (including phenoxy) is 7.